The van der Waals surface area contributed by atoms with Crippen molar-refractivity contribution in [3.63, 3.8) is 0 Å². The molecule has 1 amide bonds. The Kier molecular flexibility index (Phi) is 4.43. The molecule has 91 valence electrons. The maximum absolute atomic E-state index is 12.0. The van der Waals surface area contributed by atoms with Crippen LogP contribution < -0.4 is 0 Å². The van der Waals surface area contributed by atoms with Crippen LogP contribution in [-0.4, -0.2) is 25.1 Å². The van der Waals surface area contributed by atoms with E-state index in [1.54, 1.807) is 24.3 Å². The maximum atomic E-state index is 12.0. The molecule has 0 unspecified atom stereocenters. The van der Waals surface area contributed by atoms with E-state index in [2.05, 4.69) is 4.84 Å². The molecule has 1 aliphatic carbocycles. The molecule has 0 saturated heterocycles. The average molecular weight is 252 g/mol. The van der Waals surface area contributed by atoms with Gasteiger partial charge in [-0.1, -0.05) is 0 Å². The molecule has 1 saturated carbocycles. The molecule has 19 heavy (non-hydrogen) atoms. The minimum atomic E-state index is -0.770. The average Bonchev–Trinajstić information content (AvgIpc) is 2.77. The lowest BCUT2D eigenvalue weighted by Crippen LogP contribution is -2.34. The highest BCUT2D eigenvalue weighted by Gasteiger charge is 2.59. The molecule has 1 fully saturated rings. The molecule has 0 aromatic carbocycles. The zero-order valence-corrected chi connectivity index (χ0v) is 10.1. The molecule has 0 N–H and O–H groups in total. The quantitative estimate of drug-likeness (QED) is 0.636. The van der Waals surface area contributed by atoms with E-state index < -0.39 is 5.91 Å². The second kappa shape index (κ2) is 5.83. The van der Waals surface area contributed by atoms with E-state index in [1.165, 1.54) is 14.2 Å². The van der Waals surface area contributed by atoms with Crippen LogP contribution in [0.25, 0.3) is 0 Å². The largest absolute Gasteiger partial charge is 0.275 e. The van der Waals surface area contributed by atoms with Gasteiger partial charge in [0.05, 0.1) is 31.4 Å². The van der Waals surface area contributed by atoms with Crippen molar-refractivity contribution in [1.82, 2.24) is 5.06 Å². The topological polar surface area (TPSA) is 125 Å². The van der Waals surface area contributed by atoms with Crippen LogP contribution in [0.3, 0.4) is 0 Å². The van der Waals surface area contributed by atoms with Crippen molar-refractivity contribution in [2.24, 2.45) is 0 Å². The Labute approximate surface area is 110 Å². The van der Waals surface area contributed by atoms with Crippen molar-refractivity contribution in [2.75, 3.05) is 14.2 Å². The van der Waals surface area contributed by atoms with Gasteiger partial charge in [0.15, 0.2) is 0 Å². The monoisotopic (exact) mass is 252 g/mol. The molecule has 5 radical (unpaired) electrons. The minimum Gasteiger partial charge on any atom is -0.275 e. The van der Waals surface area contributed by atoms with Crippen LogP contribution in [0, 0.1) is 74.9 Å². The van der Waals surface area contributed by atoms with Gasteiger partial charge in [0, 0.05) is 7.05 Å². The third-order valence-corrected chi connectivity index (χ3v) is 2.47. The molecule has 1 rings (SSSR count). The van der Waals surface area contributed by atoms with E-state index >= 15 is 0 Å². The lowest BCUT2D eigenvalue weighted by atomic mass is 9.88. The highest BCUT2D eigenvalue weighted by molar-refractivity contribution is 6.04. The highest BCUT2D eigenvalue weighted by atomic mass is 16.7. The summed E-state index contributed by atoms with van der Waals surface area (Å²) in [5.41, 5.74) is 0. The number of nitriles is 4. The zero-order chi connectivity index (χ0) is 14.6. The van der Waals surface area contributed by atoms with Gasteiger partial charge in [0.25, 0.3) is 5.91 Å². The van der Waals surface area contributed by atoms with Crippen LogP contribution >= 0.6 is 0 Å². The number of rotatable bonds is 2. The van der Waals surface area contributed by atoms with Crippen LogP contribution in [-0.2, 0) is 9.63 Å². The van der Waals surface area contributed by atoms with Gasteiger partial charge in [-0.15, -0.1) is 0 Å². The predicted molar refractivity (Wildman–Crippen MR) is 58.4 cm³/mol. The lowest BCUT2D eigenvalue weighted by molar-refractivity contribution is -0.165. The normalized spacial score (nSPS) is 18.2. The van der Waals surface area contributed by atoms with Gasteiger partial charge in [-0.05, 0) is 0 Å². The number of hydroxylamine groups is 2. The van der Waals surface area contributed by atoms with Gasteiger partial charge in [0.1, 0.15) is 29.6 Å². The Morgan fingerprint density at radius 1 is 0.947 bits per heavy atom. The first-order valence-electron chi connectivity index (χ1n) is 4.86. The van der Waals surface area contributed by atoms with Crippen molar-refractivity contribution >= 4 is 5.91 Å². The molecule has 1 aliphatic rings. The van der Waals surface area contributed by atoms with Gasteiger partial charge >= 0.3 is 0 Å². The second-order valence-electron chi connectivity index (χ2n) is 3.31. The van der Waals surface area contributed by atoms with Crippen molar-refractivity contribution in [3.8, 4) is 24.3 Å². The second-order valence-corrected chi connectivity index (χ2v) is 3.31. The van der Waals surface area contributed by atoms with E-state index in [0.717, 1.165) is 5.06 Å². The number of carbonyl (C=O) groups excluding carboxylic acids is 1. The smallest absolute Gasteiger partial charge is 0.256 e. The summed E-state index contributed by atoms with van der Waals surface area (Å²) in [6.45, 7) is 0. The van der Waals surface area contributed by atoms with E-state index in [4.69, 9.17) is 21.0 Å². The van der Waals surface area contributed by atoms with Crippen molar-refractivity contribution < 1.29 is 9.63 Å². The van der Waals surface area contributed by atoms with Gasteiger partial charge in [-0.3, -0.25) is 9.63 Å². The number of carbonyl (C=O) groups is 1. The summed E-state index contributed by atoms with van der Waals surface area (Å²) in [7, 11) is 2.52. The fourth-order valence-electron chi connectivity index (χ4n) is 1.53. The molecule has 0 atom stereocenters. The van der Waals surface area contributed by atoms with Gasteiger partial charge in [-0.2, -0.15) is 21.0 Å². The first-order chi connectivity index (χ1) is 9.06. The fourth-order valence-corrected chi connectivity index (χ4v) is 1.53. The number of nitrogens with zero attached hydrogens (tertiary/aromatic N) is 5. The minimum absolute atomic E-state index is 0.269. The molecule has 0 aromatic heterocycles. The van der Waals surface area contributed by atoms with E-state index in [0.29, 0.717) is 0 Å². The molecular weight excluding hydrogens is 246 g/mol. The summed E-state index contributed by atoms with van der Waals surface area (Å²) in [6.07, 6.45) is 0. The number of amides is 1. The van der Waals surface area contributed by atoms with Crippen molar-refractivity contribution in [2.45, 2.75) is 0 Å². The lowest BCUT2D eigenvalue weighted by Gasteiger charge is -2.20. The van der Waals surface area contributed by atoms with Crippen molar-refractivity contribution in [1.29, 1.82) is 21.0 Å². The van der Waals surface area contributed by atoms with Gasteiger partial charge in [0.2, 0.25) is 0 Å². The Morgan fingerprint density at radius 2 is 1.32 bits per heavy atom. The zero-order valence-electron chi connectivity index (χ0n) is 10.1. The summed E-state index contributed by atoms with van der Waals surface area (Å²) in [5.74, 6) is -2.17. The molecule has 0 aromatic rings. The number of hydrogen-bond donors (Lipinski definition) is 0. The van der Waals surface area contributed by atoms with Crippen LogP contribution in [0.15, 0.2) is 0 Å². The van der Waals surface area contributed by atoms with E-state index in [-0.39, 0.29) is 29.6 Å². The first-order valence-corrected chi connectivity index (χ1v) is 4.86. The van der Waals surface area contributed by atoms with Crippen LogP contribution in [0.2, 0.25) is 0 Å². The predicted octanol–water partition coefficient (Wildman–Crippen LogP) is -0.0134. The standard InChI is InChI=1S/C12H6N5O2/c1-17(19-2)12(18)11-9(5-15)7(3-13)8(4-14)10(11)6-16/h1-2H3. The molecule has 0 spiro atoms. The Balaban J connectivity index is 3.26. The summed E-state index contributed by atoms with van der Waals surface area (Å²) < 4.78 is 0. The van der Waals surface area contributed by atoms with Gasteiger partial charge in [-0.25, -0.2) is 5.06 Å². The van der Waals surface area contributed by atoms with Crippen LogP contribution in [0.1, 0.15) is 0 Å². The molecule has 0 bridgehead atoms. The molecule has 0 aliphatic heterocycles. The summed E-state index contributed by atoms with van der Waals surface area (Å²) in [5, 5.41) is 36.8. The Bertz CT molecular complexity index is 494. The molecule has 7 heteroatoms. The van der Waals surface area contributed by atoms with Crippen molar-refractivity contribution in [3.05, 3.63) is 29.6 Å². The Hall–Kier alpha value is -2.61. The van der Waals surface area contributed by atoms with Crippen LogP contribution in [0.4, 0.5) is 0 Å². The summed E-state index contributed by atoms with van der Waals surface area (Å²) >= 11 is 0. The summed E-state index contributed by atoms with van der Waals surface area (Å²) in [4.78, 5) is 16.7. The summed E-state index contributed by atoms with van der Waals surface area (Å²) in [6, 6.07) is 6.68. The third kappa shape index (κ3) is 2.20. The molecule has 7 nitrogen and oxygen atoms in total. The molecule has 0 heterocycles. The SMILES string of the molecule is CON(C)C(=O)[C]1[C](C#N)[C](C#N)[C](C#N)[C]1C#N. The Morgan fingerprint density at radius 3 is 1.58 bits per heavy atom. The van der Waals surface area contributed by atoms with E-state index in [1.807, 2.05) is 0 Å². The highest BCUT2D eigenvalue weighted by Crippen LogP contribution is 2.52. The number of hydrogen-bond acceptors (Lipinski definition) is 6. The van der Waals surface area contributed by atoms with Gasteiger partial charge < -0.3 is 0 Å². The maximum Gasteiger partial charge on any atom is 0.256 e. The first kappa shape index (κ1) is 14.5. The third-order valence-electron chi connectivity index (χ3n) is 2.47. The van der Waals surface area contributed by atoms with E-state index in [9.17, 15) is 4.79 Å². The molecular formula is C12H6N5O2. The van der Waals surface area contributed by atoms with Crippen LogP contribution in [0.5, 0.6) is 0 Å². The fraction of sp³-hybridized carbons (Fsp3) is 0.167.